The van der Waals surface area contributed by atoms with E-state index in [1.807, 2.05) is 18.3 Å². The van der Waals surface area contributed by atoms with E-state index in [4.69, 9.17) is 0 Å². The summed E-state index contributed by atoms with van der Waals surface area (Å²) in [5, 5.41) is 0. The van der Waals surface area contributed by atoms with E-state index >= 15 is 0 Å². The number of rotatable bonds is 2. The second-order valence-electron chi connectivity index (χ2n) is 4.79. The fraction of sp³-hybridized carbons (Fsp3) is 0.267. The molecule has 1 fully saturated rings. The van der Waals surface area contributed by atoms with Crippen LogP contribution in [0.3, 0.4) is 0 Å². The van der Waals surface area contributed by atoms with Gasteiger partial charge < -0.3 is 9.80 Å². The number of hydrogen-bond acceptors (Lipinski definition) is 3. The van der Waals surface area contributed by atoms with Gasteiger partial charge in [0, 0.05) is 36.8 Å². The van der Waals surface area contributed by atoms with Gasteiger partial charge in [0.25, 0.3) is 0 Å². The largest absolute Gasteiger partial charge is 0.367 e. The number of hydrogen-bond donors (Lipinski definition) is 0. The Morgan fingerprint density at radius 2 is 1.70 bits per heavy atom. The Morgan fingerprint density at radius 1 is 1.00 bits per heavy atom. The van der Waals surface area contributed by atoms with E-state index in [2.05, 4.69) is 36.8 Å². The van der Waals surface area contributed by atoms with Gasteiger partial charge in [-0.15, -0.1) is 0 Å². The van der Waals surface area contributed by atoms with Crippen LogP contribution in [0.4, 0.5) is 15.8 Å². The van der Waals surface area contributed by atoms with Gasteiger partial charge in [-0.25, -0.2) is 4.39 Å². The molecule has 1 aromatic heterocycles. The van der Waals surface area contributed by atoms with Crippen LogP contribution in [0.2, 0.25) is 0 Å². The van der Waals surface area contributed by atoms with Gasteiger partial charge in [-0.2, -0.15) is 0 Å². The predicted octanol–water partition coefficient (Wildman–Crippen LogP) is 3.31. The summed E-state index contributed by atoms with van der Waals surface area (Å²) in [7, 11) is 0. The topological polar surface area (TPSA) is 19.4 Å². The Hall–Kier alpha value is -1.62. The van der Waals surface area contributed by atoms with Crippen molar-refractivity contribution in [1.29, 1.82) is 0 Å². The van der Waals surface area contributed by atoms with E-state index in [-0.39, 0.29) is 5.82 Å². The monoisotopic (exact) mass is 335 g/mol. The highest BCUT2D eigenvalue weighted by molar-refractivity contribution is 9.10. The molecule has 0 bridgehead atoms. The van der Waals surface area contributed by atoms with Crippen LogP contribution >= 0.6 is 15.9 Å². The molecule has 1 aliphatic heterocycles. The Bertz CT molecular complexity index is 597. The number of pyridine rings is 1. The summed E-state index contributed by atoms with van der Waals surface area (Å²) in [6.07, 6.45) is 3.64. The van der Waals surface area contributed by atoms with Crippen LogP contribution in [-0.2, 0) is 0 Å². The molecule has 3 nitrogen and oxygen atoms in total. The van der Waals surface area contributed by atoms with E-state index in [0.717, 1.165) is 36.3 Å². The molecule has 104 valence electrons. The molecule has 0 saturated carbocycles. The molecule has 0 unspecified atom stereocenters. The fourth-order valence-electron chi connectivity index (χ4n) is 2.49. The van der Waals surface area contributed by atoms with Crippen molar-refractivity contribution in [1.82, 2.24) is 4.98 Å². The van der Waals surface area contributed by atoms with Crippen molar-refractivity contribution in [2.24, 2.45) is 0 Å². The lowest BCUT2D eigenvalue weighted by atomic mass is 10.2. The first-order chi connectivity index (χ1) is 9.74. The number of nitrogens with zero attached hydrogens (tertiary/aromatic N) is 3. The third-order valence-electron chi connectivity index (χ3n) is 3.53. The van der Waals surface area contributed by atoms with Crippen LogP contribution in [-0.4, -0.2) is 31.2 Å². The lowest BCUT2D eigenvalue weighted by Crippen LogP contribution is -2.46. The molecule has 0 spiro atoms. The SMILES string of the molecule is Fc1ccccc1N1CCN(c2cncc(Br)c2)CC1. The summed E-state index contributed by atoms with van der Waals surface area (Å²) < 4.78 is 14.8. The van der Waals surface area contributed by atoms with Gasteiger partial charge in [0.15, 0.2) is 0 Å². The van der Waals surface area contributed by atoms with Gasteiger partial charge in [0.2, 0.25) is 0 Å². The third kappa shape index (κ3) is 2.77. The molecule has 0 amide bonds. The Labute approximate surface area is 126 Å². The summed E-state index contributed by atoms with van der Waals surface area (Å²) in [6, 6.07) is 9.02. The Balaban J connectivity index is 1.70. The van der Waals surface area contributed by atoms with E-state index in [0.29, 0.717) is 5.69 Å². The molecular formula is C15H15BrFN3. The van der Waals surface area contributed by atoms with Crippen molar-refractivity contribution in [2.45, 2.75) is 0 Å². The standard InChI is InChI=1S/C15H15BrFN3/c16-12-9-13(11-18-10-12)19-5-7-20(8-6-19)15-4-2-1-3-14(15)17/h1-4,9-11H,5-8H2. The van der Waals surface area contributed by atoms with Crippen molar-refractivity contribution in [3.05, 3.63) is 53.0 Å². The maximum absolute atomic E-state index is 13.8. The molecule has 0 aliphatic carbocycles. The second-order valence-corrected chi connectivity index (χ2v) is 5.70. The zero-order valence-corrected chi connectivity index (χ0v) is 12.6. The molecule has 0 N–H and O–H groups in total. The number of halogens is 2. The Morgan fingerprint density at radius 3 is 2.40 bits per heavy atom. The summed E-state index contributed by atoms with van der Waals surface area (Å²) in [5.74, 6) is -0.148. The van der Waals surface area contributed by atoms with Gasteiger partial charge in [-0.05, 0) is 34.1 Å². The number of benzene rings is 1. The van der Waals surface area contributed by atoms with Crippen LogP contribution < -0.4 is 9.80 Å². The van der Waals surface area contributed by atoms with Crippen LogP contribution in [0.1, 0.15) is 0 Å². The average molecular weight is 336 g/mol. The molecule has 5 heteroatoms. The molecule has 1 aromatic carbocycles. The molecule has 0 atom stereocenters. The van der Waals surface area contributed by atoms with Crippen molar-refractivity contribution >= 4 is 27.3 Å². The molecule has 1 aliphatic rings. The molecule has 2 heterocycles. The number of para-hydroxylation sites is 1. The highest BCUT2D eigenvalue weighted by Gasteiger charge is 2.19. The highest BCUT2D eigenvalue weighted by Crippen LogP contribution is 2.23. The van der Waals surface area contributed by atoms with E-state index in [9.17, 15) is 4.39 Å². The van der Waals surface area contributed by atoms with E-state index in [1.165, 1.54) is 6.07 Å². The number of anilines is 2. The normalized spacial score (nSPS) is 15.5. The zero-order valence-electron chi connectivity index (χ0n) is 11.0. The maximum atomic E-state index is 13.8. The zero-order chi connectivity index (χ0) is 13.9. The summed E-state index contributed by atoms with van der Waals surface area (Å²) in [4.78, 5) is 8.56. The number of aromatic nitrogens is 1. The summed E-state index contributed by atoms with van der Waals surface area (Å²) in [5.41, 5.74) is 1.80. The summed E-state index contributed by atoms with van der Waals surface area (Å²) >= 11 is 3.44. The molecule has 20 heavy (non-hydrogen) atoms. The molecule has 0 radical (unpaired) electrons. The lowest BCUT2D eigenvalue weighted by molar-refractivity contribution is 0.597. The average Bonchev–Trinajstić information content (AvgIpc) is 2.48. The smallest absolute Gasteiger partial charge is 0.146 e. The van der Waals surface area contributed by atoms with E-state index in [1.54, 1.807) is 12.3 Å². The molecule has 3 rings (SSSR count). The van der Waals surface area contributed by atoms with Crippen LogP contribution in [0, 0.1) is 5.82 Å². The minimum Gasteiger partial charge on any atom is -0.367 e. The molecular weight excluding hydrogens is 321 g/mol. The first-order valence-electron chi connectivity index (χ1n) is 6.59. The van der Waals surface area contributed by atoms with Crippen molar-refractivity contribution < 1.29 is 4.39 Å². The first-order valence-corrected chi connectivity index (χ1v) is 7.38. The van der Waals surface area contributed by atoms with Gasteiger partial charge in [0.05, 0.1) is 17.6 Å². The molecule has 1 saturated heterocycles. The van der Waals surface area contributed by atoms with Crippen molar-refractivity contribution in [2.75, 3.05) is 36.0 Å². The van der Waals surface area contributed by atoms with Crippen LogP contribution in [0.25, 0.3) is 0 Å². The predicted molar refractivity (Wildman–Crippen MR) is 82.8 cm³/mol. The number of piperazine rings is 1. The maximum Gasteiger partial charge on any atom is 0.146 e. The Kier molecular flexibility index (Phi) is 3.87. The van der Waals surface area contributed by atoms with Gasteiger partial charge in [-0.3, -0.25) is 4.98 Å². The minimum absolute atomic E-state index is 0.148. The van der Waals surface area contributed by atoms with Crippen LogP contribution in [0.5, 0.6) is 0 Å². The lowest BCUT2D eigenvalue weighted by Gasteiger charge is -2.37. The highest BCUT2D eigenvalue weighted by atomic mass is 79.9. The van der Waals surface area contributed by atoms with Crippen molar-refractivity contribution in [3.63, 3.8) is 0 Å². The molecule has 2 aromatic rings. The summed E-state index contributed by atoms with van der Waals surface area (Å²) in [6.45, 7) is 3.36. The fourth-order valence-corrected chi connectivity index (χ4v) is 2.84. The van der Waals surface area contributed by atoms with Gasteiger partial charge in [-0.1, -0.05) is 12.1 Å². The quantitative estimate of drug-likeness (QED) is 0.839. The third-order valence-corrected chi connectivity index (χ3v) is 3.96. The van der Waals surface area contributed by atoms with Gasteiger partial charge >= 0.3 is 0 Å². The van der Waals surface area contributed by atoms with Gasteiger partial charge in [0.1, 0.15) is 5.82 Å². The van der Waals surface area contributed by atoms with Crippen LogP contribution in [0.15, 0.2) is 47.2 Å². The first kappa shape index (κ1) is 13.4. The second kappa shape index (κ2) is 5.79. The van der Waals surface area contributed by atoms with E-state index < -0.39 is 0 Å². The van der Waals surface area contributed by atoms with Crippen molar-refractivity contribution in [3.8, 4) is 0 Å². The minimum atomic E-state index is -0.148.